The highest BCUT2D eigenvalue weighted by atomic mass is 16.6. The average Bonchev–Trinajstić information content (AvgIpc) is 2.34. The molecule has 1 amide bonds. The first kappa shape index (κ1) is 19.1. The van der Waals surface area contributed by atoms with Gasteiger partial charge in [0.05, 0.1) is 13.2 Å². The van der Waals surface area contributed by atoms with Gasteiger partial charge in [0.15, 0.2) is 0 Å². The van der Waals surface area contributed by atoms with E-state index in [9.17, 15) is 4.79 Å². The van der Waals surface area contributed by atoms with E-state index >= 15 is 0 Å². The van der Waals surface area contributed by atoms with Crippen LogP contribution in [-0.2, 0) is 9.47 Å². The molecule has 0 heterocycles. The van der Waals surface area contributed by atoms with Crippen LogP contribution in [0.3, 0.4) is 0 Å². The summed E-state index contributed by atoms with van der Waals surface area (Å²) in [4.78, 5) is 13.8. The summed E-state index contributed by atoms with van der Waals surface area (Å²) in [5, 5.41) is 0. The molecule has 6 nitrogen and oxygen atoms in total. The number of hydrogen-bond acceptors (Lipinski definition) is 5. The lowest BCUT2D eigenvalue weighted by atomic mass is 10.2. The fraction of sp³-hybridized carbons (Fsp3) is 0.929. The molecule has 0 saturated carbocycles. The summed E-state index contributed by atoms with van der Waals surface area (Å²) in [6.45, 7) is 8.95. The third kappa shape index (κ3) is 11.0. The standard InChI is InChI=1S/C14H31N3O3/c1-14(2,3)20-13(18)17(9-6-4-5-7-15)10-12-19-11-8-16/h4-12,15-16H2,1-3H3. The van der Waals surface area contributed by atoms with Gasteiger partial charge in [-0.1, -0.05) is 6.42 Å². The Morgan fingerprint density at radius 2 is 1.70 bits per heavy atom. The number of nitrogens with two attached hydrogens (primary N) is 2. The number of carbonyl (C=O) groups is 1. The van der Waals surface area contributed by atoms with Gasteiger partial charge in [0, 0.05) is 19.6 Å². The lowest BCUT2D eigenvalue weighted by Crippen LogP contribution is -2.39. The molecule has 0 aromatic rings. The van der Waals surface area contributed by atoms with Crippen molar-refractivity contribution in [3.8, 4) is 0 Å². The van der Waals surface area contributed by atoms with Crippen molar-refractivity contribution < 1.29 is 14.3 Å². The summed E-state index contributed by atoms with van der Waals surface area (Å²) in [7, 11) is 0. The van der Waals surface area contributed by atoms with E-state index in [0.29, 0.717) is 39.4 Å². The van der Waals surface area contributed by atoms with Crippen molar-refractivity contribution in [3.05, 3.63) is 0 Å². The minimum Gasteiger partial charge on any atom is -0.444 e. The molecule has 6 heteroatoms. The van der Waals surface area contributed by atoms with Crippen molar-refractivity contribution in [1.29, 1.82) is 0 Å². The van der Waals surface area contributed by atoms with Gasteiger partial charge in [-0.25, -0.2) is 4.79 Å². The van der Waals surface area contributed by atoms with E-state index < -0.39 is 5.60 Å². The van der Waals surface area contributed by atoms with E-state index in [-0.39, 0.29) is 6.09 Å². The number of carbonyl (C=O) groups excluding carboxylic acids is 1. The molecule has 4 N–H and O–H groups in total. The van der Waals surface area contributed by atoms with Crippen molar-refractivity contribution >= 4 is 6.09 Å². The van der Waals surface area contributed by atoms with Gasteiger partial charge in [-0.15, -0.1) is 0 Å². The second kappa shape index (κ2) is 10.9. The van der Waals surface area contributed by atoms with Crippen LogP contribution in [0.2, 0.25) is 0 Å². The fourth-order valence-electron chi connectivity index (χ4n) is 1.60. The quantitative estimate of drug-likeness (QED) is 0.592. The van der Waals surface area contributed by atoms with Gasteiger partial charge in [0.1, 0.15) is 5.60 Å². The van der Waals surface area contributed by atoms with Gasteiger partial charge in [0.2, 0.25) is 0 Å². The monoisotopic (exact) mass is 289 g/mol. The first-order valence-corrected chi connectivity index (χ1v) is 7.36. The summed E-state index contributed by atoms with van der Waals surface area (Å²) in [5.41, 5.74) is 10.3. The van der Waals surface area contributed by atoms with Crippen LogP contribution >= 0.6 is 0 Å². The van der Waals surface area contributed by atoms with Crippen LogP contribution in [0.4, 0.5) is 4.79 Å². The van der Waals surface area contributed by atoms with Crippen LogP contribution < -0.4 is 11.5 Å². The Labute approximate surface area is 122 Å². The van der Waals surface area contributed by atoms with Gasteiger partial charge in [-0.05, 0) is 40.2 Å². The Morgan fingerprint density at radius 1 is 1.00 bits per heavy atom. The van der Waals surface area contributed by atoms with E-state index in [1.807, 2.05) is 20.8 Å². The molecule has 0 radical (unpaired) electrons. The lowest BCUT2D eigenvalue weighted by molar-refractivity contribution is 0.0176. The molecule has 0 aromatic carbocycles. The van der Waals surface area contributed by atoms with Crippen LogP contribution in [-0.4, -0.2) is 56.0 Å². The van der Waals surface area contributed by atoms with Gasteiger partial charge < -0.3 is 25.8 Å². The number of rotatable bonds is 10. The smallest absolute Gasteiger partial charge is 0.410 e. The van der Waals surface area contributed by atoms with E-state index in [2.05, 4.69) is 0 Å². The van der Waals surface area contributed by atoms with E-state index in [1.165, 1.54) is 0 Å². The SMILES string of the molecule is CC(C)(C)OC(=O)N(CCCCCN)CCOCCN. The summed E-state index contributed by atoms with van der Waals surface area (Å²) in [6.07, 6.45) is 2.63. The third-order valence-electron chi connectivity index (χ3n) is 2.55. The Morgan fingerprint density at radius 3 is 2.25 bits per heavy atom. The Bertz CT molecular complexity index is 243. The third-order valence-corrected chi connectivity index (χ3v) is 2.55. The molecular weight excluding hydrogens is 258 g/mol. The minimum absolute atomic E-state index is 0.290. The predicted octanol–water partition coefficient (Wildman–Crippen LogP) is 1.33. The Hall–Kier alpha value is -0.850. The van der Waals surface area contributed by atoms with Gasteiger partial charge in [0.25, 0.3) is 0 Å². The number of nitrogens with zero attached hydrogens (tertiary/aromatic N) is 1. The van der Waals surface area contributed by atoms with Gasteiger partial charge in [-0.3, -0.25) is 0 Å². The molecule has 0 aliphatic carbocycles. The molecule has 0 aromatic heterocycles. The van der Waals surface area contributed by atoms with Crippen LogP contribution in [0.5, 0.6) is 0 Å². The highest BCUT2D eigenvalue weighted by Gasteiger charge is 2.21. The molecule has 120 valence electrons. The summed E-state index contributed by atoms with van der Waals surface area (Å²) in [5.74, 6) is 0. The van der Waals surface area contributed by atoms with Crippen LogP contribution in [0.25, 0.3) is 0 Å². The van der Waals surface area contributed by atoms with E-state index in [1.54, 1.807) is 4.90 Å². The van der Waals surface area contributed by atoms with E-state index in [0.717, 1.165) is 19.3 Å². The van der Waals surface area contributed by atoms with Crippen LogP contribution in [0.1, 0.15) is 40.0 Å². The molecule has 0 saturated heterocycles. The zero-order chi connectivity index (χ0) is 15.4. The highest BCUT2D eigenvalue weighted by molar-refractivity contribution is 5.68. The molecule has 0 fully saturated rings. The molecule has 0 unspecified atom stereocenters. The maximum Gasteiger partial charge on any atom is 0.410 e. The predicted molar refractivity (Wildman–Crippen MR) is 80.6 cm³/mol. The summed E-state index contributed by atoms with van der Waals surface area (Å²) in [6, 6.07) is 0. The van der Waals surface area contributed by atoms with Gasteiger partial charge >= 0.3 is 6.09 Å². The number of unbranched alkanes of at least 4 members (excludes halogenated alkanes) is 2. The van der Waals surface area contributed by atoms with Crippen molar-refractivity contribution in [2.75, 3.05) is 39.4 Å². The van der Waals surface area contributed by atoms with Crippen molar-refractivity contribution in [3.63, 3.8) is 0 Å². The van der Waals surface area contributed by atoms with Crippen molar-refractivity contribution in [2.45, 2.75) is 45.6 Å². The van der Waals surface area contributed by atoms with Crippen molar-refractivity contribution in [2.24, 2.45) is 11.5 Å². The number of amides is 1. The number of ether oxygens (including phenoxy) is 2. The Balaban J connectivity index is 4.18. The molecule has 0 rings (SSSR count). The van der Waals surface area contributed by atoms with Crippen LogP contribution in [0.15, 0.2) is 0 Å². The average molecular weight is 289 g/mol. The summed E-state index contributed by atoms with van der Waals surface area (Å²) >= 11 is 0. The zero-order valence-corrected chi connectivity index (χ0v) is 13.2. The van der Waals surface area contributed by atoms with Crippen LogP contribution in [0, 0.1) is 0 Å². The minimum atomic E-state index is -0.481. The largest absolute Gasteiger partial charge is 0.444 e. The topological polar surface area (TPSA) is 90.8 Å². The maximum absolute atomic E-state index is 12.1. The van der Waals surface area contributed by atoms with Gasteiger partial charge in [-0.2, -0.15) is 0 Å². The maximum atomic E-state index is 12.1. The first-order valence-electron chi connectivity index (χ1n) is 7.36. The normalized spacial score (nSPS) is 11.4. The number of hydrogen-bond donors (Lipinski definition) is 2. The second-order valence-electron chi connectivity index (χ2n) is 5.72. The van der Waals surface area contributed by atoms with E-state index in [4.69, 9.17) is 20.9 Å². The highest BCUT2D eigenvalue weighted by Crippen LogP contribution is 2.10. The molecule has 20 heavy (non-hydrogen) atoms. The second-order valence-corrected chi connectivity index (χ2v) is 5.72. The summed E-state index contributed by atoms with van der Waals surface area (Å²) < 4.78 is 10.7. The fourth-order valence-corrected chi connectivity index (χ4v) is 1.60. The Kier molecular flexibility index (Phi) is 10.4. The molecule has 0 atom stereocenters. The molecule has 0 aliphatic heterocycles. The molecular formula is C14H31N3O3. The first-order chi connectivity index (χ1) is 9.40. The van der Waals surface area contributed by atoms with Crippen molar-refractivity contribution in [1.82, 2.24) is 4.90 Å². The molecule has 0 bridgehead atoms. The molecule has 0 spiro atoms. The zero-order valence-electron chi connectivity index (χ0n) is 13.2. The molecule has 0 aliphatic rings. The lowest BCUT2D eigenvalue weighted by Gasteiger charge is -2.27.